The zero-order valence-corrected chi connectivity index (χ0v) is 9.53. The van der Waals surface area contributed by atoms with Crippen LogP contribution >= 0.6 is 0 Å². The minimum atomic E-state index is -0.371. The fraction of sp³-hybridized carbons (Fsp3) is 0.444. The number of nitrogens with one attached hydrogen (secondary N) is 3. The summed E-state index contributed by atoms with van der Waals surface area (Å²) in [5.41, 5.74) is 3.19. The molecule has 0 saturated heterocycles. The lowest BCUT2D eigenvalue weighted by atomic mass is 10.3. The number of aromatic nitrogens is 2. The fourth-order valence-electron chi connectivity index (χ4n) is 1.14. The monoisotopic (exact) mass is 224 g/mol. The molecule has 0 aromatic carbocycles. The molecular weight excluding hydrogens is 208 g/mol. The quantitative estimate of drug-likeness (QED) is 0.410. The Labute approximate surface area is 93.8 Å². The molecule has 16 heavy (non-hydrogen) atoms. The van der Waals surface area contributed by atoms with Crippen molar-refractivity contribution in [3.63, 3.8) is 0 Å². The third-order valence-corrected chi connectivity index (χ3v) is 2.09. The van der Waals surface area contributed by atoms with Gasteiger partial charge in [0.15, 0.2) is 0 Å². The highest BCUT2D eigenvalue weighted by Gasteiger charge is 2.12. The number of likely N-dealkylation sites (N-methyl/N-ethyl adjacent to an activating group) is 1. The molecule has 1 heterocycles. The Morgan fingerprint density at radius 3 is 2.81 bits per heavy atom. The van der Waals surface area contributed by atoms with E-state index in [4.69, 9.17) is 5.84 Å². The molecule has 7 nitrogen and oxygen atoms in total. The van der Waals surface area contributed by atoms with Crippen LogP contribution in [0.3, 0.4) is 0 Å². The van der Waals surface area contributed by atoms with E-state index in [1.54, 1.807) is 20.2 Å². The predicted molar refractivity (Wildman–Crippen MR) is 61.7 cm³/mol. The summed E-state index contributed by atoms with van der Waals surface area (Å²) in [6.07, 6.45) is 1.63. The third-order valence-electron chi connectivity index (χ3n) is 2.09. The molecule has 0 fully saturated rings. The number of amides is 1. The summed E-state index contributed by atoms with van der Waals surface area (Å²) in [6.45, 7) is 3.59. The lowest BCUT2D eigenvalue weighted by Gasteiger charge is -2.14. The van der Waals surface area contributed by atoms with E-state index in [0.717, 1.165) is 5.56 Å². The summed E-state index contributed by atoms with van der Waals surface area (Å²) in [6, 6.07) is -0.371. The van der Waals surface area contributed by atoms with Gasteiger partial charge in [0, 0.05) is 18.8 Å². The average molecular weight is 224 g/mol. The summed E-state index contributed by atoms with van der Waals surface area (Å²) >= 11 is 0. The van der Waals surface area contributed by atoms with Crippen molar-refractivity contribution < 1.29 is 4.79 Å². The maximum absolute atomic E-state index is 11.3. The van der Waals surface area contributed by atoms with Crippen LogP contribution in [0, 0.1) is 6.92 Å². The van der Waals surface area contributed by atoms with Crippen molar-refractivity contribution in [3.05, 3.63) is 11.8 Å². The second kappa shape index (κ2) is 5.26. The molecule has 1 amide bonds. The van der Waals surface area contributed by atoms with Gasteiger partial charge in [-0.1, -0.05) is 0 Å². The zero-order chi connectivity index (χ0) is 12.1. The Kier molecular flexibility index (Phi) is 4.01. The molecule has 88 valence electrons. The zero-order valence-electron chi connectivity index (χ0n) is 9.53. The highest BCUT2D eigenvalue weighted by Crippen LogP contribution is 2.12. The van der Waals surface area contributed by atoms with E-state index in [0.29, 0.717) is 11.8 Å². The first kappa shape index (κ1) is 12.2. The molecule has 0 spiro atoms. The van der Waals surface area contributed by atoms with E-state index >= 15 is 0 Å². The SMILES string of the molecule is CNC(=O)C(C)Nc1nc(NN)ncc1C. The van der Waals surface area contributed by atoms with Gasteiger partial charge in [-0.2, -0.15) is 4.98 Å². The second-order valence-corrected chi connectivity index (χ2v) is 3.35. The van der Waals surface area contributed by atoms with Crippen LogP contribution in [0.25, 0.3) is 0 Å². The van der Waals surface area contributed by atoms with Gasteiger partial charge in [-0.15, -0.1) is 0 Å². The minimum absolute atomic E-state index is 0.111. The average Bonchev–Trinajstić information content (AvgIpc) is 2.30. The van der Waals surface area contributed by atoms with Crippen molar-refractivity contribution in [2.75, 3.05) is 17.8 Å². The van der Waals surface area contributed by atoms with Gasteiger partial charge >= 0.3 is 0 Å². The van der Waals surface area contributed by atoms with Crippen molar-refractivity contribution in [3.8, 4) is 0 Å². The minimum Gasteiger partial charge on any atom is -0.358 e. The lowest BCUT2D eigenvalue weighted by molar-refractivity contribution is -0.121. The molecule has 0 aliphatic rings. The number of carbonyl (C=O) groups is 1. The van der Waals surface area contributed by atoms with Gasteiger partial charge in [0.25, 0.3) is 0 Å². The molecule has 0 aliphatic carbocycles. The van der Waals surface area contributed by atoms with E-state index in [9.17, 15) is 4.79 Å². The van der Waals surface area contributed by atoms with Gasteiger partial charge in [0.1, 0.15) is 11.9 Å². The molecule has 7 heteroatoms. The van der Waals surface area contributed by atoms with Crippen LogP contribution in [0.4, 0.5) is 11.8 Å². The number of nitrogens with two attached hydrogens (primary N) is 1. The normalized spacial score (nSPS) is 11.8. The van der Waals surface area contributed by atoms with Crippen molar-refractivity contribution in [2.45, 2.75) is 19.9 Å². The number of carbonyl (C=O) groups excluding carboxylic acids is 1. The summed E-state index contributed by atoms with van der Waals surface area (Å²) < 4.78 is 0. The Morgan fingerprint density at radius 2 is 2.25 bits per heavy atom. The smallest absolute Gasteiger partial charge is 0.241 e. The molecule has 1 aromatic heterocycles. The molecule has 1 unspecified atom stereocenters. The molecule has 0 radical (unpaired) electrons. The molecule has 0 aliphatic heterocycles. The summed E-state index contributed by atoms with van der Waals surface area (Å²) in [5.74, 6) is 5.98. The van der Waals surface area contributed by atoms with Crippen LogP contribution in [-0.2, 0) is 4.79 Å². The molecule has 0 saturated carbocycles. The first-order chi connectivity index (χ1) is 7.58. The molecular formula is C9H16N6O. The largest absolute Gasteiger partial charge is 0.358 e. The standard InChI is InChI=1S/C9H16N6O/c1-5-4-12-9(15-10)14-7(5)13-6(2)8(16)11-3/h4,6H,10H2,1-3H3,(H,11,16)(H2,12,13,14,15). The Morgan fingerprint density at radius 1 is 1.56 bits per heavy atom. The maximum Gasteiger partial charge on any atom is 0.241 e. The van der Waals surface area contributed by atoms with E-state index in [2.05, 4.69) is 26.0 Å². The first-order valence-electron chi connectivity index (χ1n) is 4.87. The Balaban J connectivity index is 2.83. The van der Waals surface area contributed by atoms with E-state index in [1.165, 1.54) is 0 Å². The van der Waals surface area contributed by atoms with E-state index < -0.39 is 0 Å². The number of nitrogen functional groups attached to an aromatic ring is 1. The molecule has 5 N–H and O–H groups in total. The number of rotatable bonds is 4. The highest BCUT2D eigenvalue weighted by atomic mass is 16.2. The van der Waals surface area contributed by atoms with Crippen molar-refractivity contribution in [2.24, 2.45) is 5.84 Å². The molecule has 0 bridgehead atoms. The molecule has 1 rings (SSSR count). The number of hydrazine groups is 1. The summed E-state index contributed by atoms with van der Waals surface area (Å²) in [4.78, 5) is 19.4. The van der Waals surface area contributed by atoms with Crippen LogP contribution in [0.15, 0.2) is 6.20 Å². The van der Waals surface area contributed by atoms with E-state index in [-0.39, 0.29) is 11.9 Å². The number of hydrogen-bond acceptors (Lipinski definition) is 6. The molecule has 1 aromatic rings. The van der Waals surface area contributed by atoms with Crippen LogP contribution in [0.5, 0.6) is 0 Å². The van der Waals surface area contributed by atoms with Crippen LogP contribution < -0.4 is 21.9 Å². The molecule has 1 atom stereocenters. The van der Waals surface area contributed by atoms with Gasteiger partial charge in [0.2, 0.25) is 11.9 Å². The highest BCUT2D eigenvalue weighted by molar-refractivity contribution is 5.83. The number of anilines is 2. The van der Waals surface area contributed by atoms with Gasteiger partial charge < -0.3 is 10.6 Å². The summed E-state index contributed by atoms with van der Waals surface area (Å²) in [7, 11) is 1.58. The van der Waals surface area contributed by atoms with E-state index in [1.807, 2.05) is 6.92 Å². The summed E-state index contributed by atoms with van der Waals surface area (Å²) in [5, 5.41) is 5.52. The van der Waals surface area contributed by atoms with Crippen molar-refractivity contribution in [1.29, 1.82) is 0 Å². The van der Waals surface area contributed by atoms with Gasteiger partial charge in [-0.3, -0.25) is 10.2 Å². The van der Waals surface area contributed by atoms with Gasteiger partial charge in [-0.25, -0.2) is 10.8 Å². The van der Waals surface area contributed by atoms with Crippen LogP contribution in [0.2, 0.25) is 0 Å². The van der Waals surface area contributed by atoms with Crippen LogP contribution in [0.1, 0.15) is 12.5 Å². The predicted octanol–water partition coefficient (Wildman–Crippen LogP) is -0.383. The fourth-order valence-corrected chi connectivity index (χ4v) is 1.14. The Hall–Kier alpha value is -1.89. The van der Waals surface area contributed by atoms with Crippen molar-refractivity contribution >= 4 is 17.7 Å². The third kappa shape index (κ3) is 2.80. The van der Waals surface area contributed by atoms with Crippen molar-refractivity contribution in [1.82, 2.24) is 15.3 Å². The first-order valence-corrected chi connectivity index (χ1v) is 4.87. The van der Waals surface area contributed by atoms with Crippen LogP contribution in [-0.4, -0.2) is 29.0 Å². The van der Waals surface area contributed by atoms with Gasteiger partial charge in [0.05, 0.1) is 0 Å². The number of nitrogens with zero attached hydrogens (tertiary/aromatic N) is 2. The Bertz CT molecular complexity index is 380. The van der Waals surface area contributed by atoms with Gasteiger partial charge in [-0.05, 0) is 13.8 Å². The number of aryl methyl sites for hydroxylation is 1. The maximum atomic E-state index is 11.3. The second-order valence-electron chi connectivity index (χ2n) is 3.35. The number of hydrogen-bond donors (Lipinski definition) is 4. The lowest BCUT2D eigenvalue weighted by Crippen LogP contribution is -2.35. The topological polar surface area (TPSA) is 105 Å².